The van der Waals surface area contributed by atoms with Gasteiger partial charge in [0, 0.05) is 6.42 Å². The van der Waals surface area contributed by atoms with E-state index in [9.17, 15) is 27.2 Å². The van der Waals surface area contributed by atoms with E-state index < -0.39 is 37.6 Å². The van der Waals surface area contributed by atoms with E-state index in [2.05, 4.69) is 15.9 Å². The molecule has 2 fully saturated rings. The van der Waals surface area contributed by atoms with E-state index >= 15 is 0 Å². The van der Waals surface area contributed by atoms with Crippen molar-refractivity contribution in [3.8, 4) is 0 Å². The first-order valence-corrected chi connectivity index (χ1v) is 17.6. The van der Waals surface area contributed by atoms with E-state index in [1.807, 2.05) is 98.8 Å². The summed E-state index contributed by atoms with van der Waals surface area (Å²) in [6, 6.07) is 32.7. The van der Waals surface area contributed by atoms with Gasteiger partial charge in [-0.3, -0.25) is 4.79 Å². The Bertz CT molecular complexity index is 1840. The second-order valence-electron chi connectivity index (χ2n) is 12.4. The number of carbonyl (C=O) groups excluding carboxylic acids is 3. The van der Waals surface area contributed by atoms with Crippen LogP contribution in [0.1, 0.15) is 60.7 Å². The van der Waals surface area contributed by atoms with Crippen LogP contribution >= 0.6 is 15.9 Å². The molecule has 0 saturated carbocycles. The Hall–Kier alpha value is -3.83. The lowest BCUT2D eigenvalue weighted by molar-refractivity contribution is -0.123. The normalized spacial score (nSPS) is 25.1. The van der Waals surface area contributed by atoms with Crippen molar-refractivity contribution in [1.82, 2.24) is 4.31 Å². The predicted octanol–water partition coefficient (Wildman–Crippen LogP) is 7.60. The van der Waals surface area contributed by atoms with Crippen molar-refractivity contribution in [2.24, 2.45) is 0 Å². The molecule has 6 rings (SSSR count). The fraction of sp³-hybridized carbons (Fsp3) is 0.289. The van der Waals surface area contributed by atoms with Gasteiger partial charge in [-0.1, -0.05) is 108 Å². The summed E-state index contributed by atoms with van der Waals surface area (Å²) in [4.78, 5) is 33.2. The third-order valence-corrected chi connectivity index (χ3v) is 11.2. The number of aryl methyl sites for hydroxylation is 2. The maximum atomic E-state index is 13.6. The van der Waals surface area contributed by atoms with Gasteiger partial charge in [-0.25, -0.2) is 12.8 Å². The van der Waals surface area contributed by atoms with Crippen molar-refractivity contribution in [3.05, 3.63) is 137 Å². The van der Waals surface area contributed by atoms with Gasteiger partial charge in [-0.2, -0.15) is 4.31 Å². The van der Waals surface area contributed by atoms with Gasteiger partial charge in [-0.15, -0.1) is 0 Å². The van der Waals surface area contributed by atoms with Gasteiger partial charge in [0.1, 0.15) is 17.9 Å². The molecular formula is C38H39BrFNO6S. The van der Waals surface area contributed by atoms with Crippen LogP contribution in [0.2, 0.25) is 0 Å². The van der Waals surface area contributed by atoms with E-state index in [4.69, 9.17) is 4.74 Å². The van der Waals surface area contributed by atoms with Crippen molar-refractivity contribution >= 4 is 44.3 Å². The number of sulfonamides is 1. The topological polar surface area (TPSA) is 101 Å². The Kier molecular flexibility index (Phi) is 11.4. The molecule has 4 aromatic carbocycles. The fourth-order valence-electron chi connectivity index (χ4n) is 5.24. The molecule has 0 radical (unpaired) electrons. The molecule has 2 aliphatic rings. The average Bonchev–Trinajstić information content (AvgIpc) is 3.96. The second-order valence-corrected chi connectivity index (χ2v) is 15.5. The predicted molar refractivity (Wildman–Crippen MR) is 187 cm³/mol. The molecule has 2 saturated heterocycles. The summed E-state index contributed by atoms with van der Waals surface area (Å²) in [6.45, 7) is 8.56. The van der Waals surface area contributed by atoms with Crippen molar-refractivity contribution < 1.29 is 31.9 Å². The Morgan fingerprint density at radius 1 is 0.833 bits per heavy atom. The molecule has 252 valence electrons. The first-order valence-electron chi connectivity index (χ1n) is 15.3. The first kappa shape index (κ1) is 37.0. The highest BCUT2D eigenvalue weighted by molar-refractivity contribution is 9.10. The number of nitrogens with zero attached hydrogens (tertiary/aromatic N) is 1. The Labute approximate surface area is 290 Å². The molecule has 6 unspecified atom stereocenters. The number of ether oxygens (including phenoxy) is 1. The SMILES string of the molecule is CC(=O)C(F)(Br)Cc1ccc(C)cc1.CC1(C=O)OC1c1ccccc1.Cc1ccc(S(=O)(=O)N2C(c3ccccc3)C2(C)C=O)cc1. The summed E-state index contributed by atoms with van der Waals surface area (Å²) in [6.07, 6.45) is 1.63. The van der Waals surface area contributed by atoms with Crippen LogP contribution in [0.3, 0.4) is 0 Å². The van der Waals surface area contributed by atoms with Crippen LogP contribution in [-0.4, -0.2) is 46.8 Å². The maximum absolute atomic E-state index is 13.6. The number of alkyl halides is 2. The minimum absolute atomic E-state index is 0.0313. The Morgan fingerprint density at radius 2 is 1.31 bits per heavy atom. The molecule has 0 aliphatic carbocycles. The number of halogens is 2. The number of hydrogen-bond donors (Lipinski definition) is 0. The average molecular weight is 737 g/mol. The van der Waals surface area contributed by atoms with Crippen LogP contribution in [-0.2, 0) is 35.6 Å². The van der Waals surface area contributed by atoms with Gasteiger partial charge in [0.05, 0.1) is 10.9 Å². The summed E-state index contributed by atoms with van der Waals surface area (Å²) >= 11 is 2.79. The molecule has 0 N–H and O–H groups in total. The summed E-state index contributed by atoms with van der Waals surface area (Å²) in [5.74, 6) is -0.502. The van der Waals surface area contributed by atoms with Gasteiger partial charge in [0.25, 0.3) is 0 Å². The molecule has 2 aliphatic heterocycles. The van der Waals surface area contributed by atoms with E-state index in [-0.39, 0.29) is 17.4 Å². The number of benzene rings is 4. The van der Waals surface area contributed by atoms with E-state index in [1.165, 1.54) is 11.2 Å². The van der Waals surface area contributed by atoms with Gasteiger partial charge in [0.2, 0.25) is 14.6 Å². The first-order chi connectivity index (χ1) is 22.6. The summed E-state index contributed by atoms with van der Waals surface area (Å²) in [7, 11) is -3.70. The van der Waals surface area contributed by atoms with Gasteiger partial charge in [-0.05, 0) is 79.4 Å². The number of rotatable bonds is 9. The van der Waals surface area contributed by atoms with Gasteiger partial charge < -0.3 is 14.3 Å². The molecule has 10 heteroatoms. The van der Waals surface area contributed by atoms with E-state index in [1.54, 1.807) is 38.1 Å². The molecule has 6 atom stereocenters. The minimum Gasteiger partial charge on any atom is -0.353 e. The van der Waals surface area contributed by atoms with Crippen LogP contribution < -0.4 is 0 Å². The summed E-state index contributed by atoms with van der Waals surface area (Å²) < 4.78 is 43.9. The van der Waals surface area contributed by atoms with Gasteiger partial charge >= 0.3 is 0 Å². The molecule has 0 amide bonds. The highest BCUT2D eigenvalue weighted by Crippen LogP contribution is 2.55. The van der Waals surface area contributed by atoms with Crippen LogP contribution in [0.5, 0.6) is 0 Å². The van der Waals surface area contributed by atoms with E-state index in [0.29, 0.717) is 0 Å². The standard InChI is InChI=1S/C17H17NO3S.C11H12BrFO.C10H10O2/c1-13-8-10-15(11-9-13)22(20,21)18-16(17(18,2)12-19)14-6-4-3-5-7-14;1-8-3-5-10(6-4-8)7-11(12,13)9(2)14;1-10(7-11)9(12-10)8-5-3-2-4-6-8/h3-12,16H,1-2H3;3-6H,7H2,1-2H3;2-7,9H,1H3. The molecule has 0 bridgehead atoms. The van der Waals surface area contributed by atoms with Crippen LogP contribution in [0, 0.1) is 13.8 Å². The lowest BCUT2D eigenvalue weighted by Gasteiger charge is -2.14. The number of aldehydes is 2. The molecule has 2 heterocycles. The zero-order valence-corrected chi connectivity index (χ0v) is 29.9. The van der Waals surface area contributed by atoms with Crippen molar-refractivity contribution in [2.75, 3.05) is 0 Å². The number of epoxide rings is 1. The Balaban J connectivity index is 0.000000173. The van der Waals surface area contributed by atoms with Crippen molar-refractivity contribution in [1.29, 1.82) is 0 Å². The molecule has 0 aromatic heterocycles. The second kappa shape index (κ2) is 14.7. The van der Waals surface area contributed by atoms with Crippen LogP contribution in [0.4, 0.5) is 4.39 Å². The zero-order chi connectivity index (χ0) is 35.3. The van der Waals surface area contributed by atoms with Crippen LogP contribution in [0.15, 0.2) is 114 Å². The molecule has 0 spiro atoms. The molecular weight excluding hydrogens is 697 g/mol. The fourth-order valence-corrected chi connectivity index (χ4v) is 7.50. The summed E-state index contributed by atoms with van der Waals surface area (Å²) in [5.41, 5.74) is 3.23. The van der Waals surface area contributed by atoms with Crippen molar-refractivity contribution in [3.63, 3.8) is 0 Å². The molecule has 7 nitrogen and oxygen atoms in total. The third kappa shape index (κ3) is 8.41. The largest absolute Gasteiger partial charge is 0.353 e. The highest BCUT2D eigenvalue weighted by Gasteiger charge is 2.66. The monoisotopic (exact) mass is 735 g/mol. The van der Waals surface area contributed by atoms with Crippen molar-refractivity contribution in [2.45, 2.75) is 73.8 Å². The lowest BCUT2D eigenvalue weighted by atomic mass is 10.0. The maximum Gasteiger partial charge on any atom is 0.244 e. The number of Topliss-reactive ketones (excluding diaryl/α,β-unsaturated/α-hetero) is 1. The minimum atomic E-state index is -3.70. The Morgan fingerprint density at radius 3 is 1.75 bits per heavy atom. The summed E-state index contributed by atoms with van der Waals surface area (Å²) in [5, 5.41) is 0. The van der Waals surface area contributed by atoms with E-state index in [0.717, 1.165) is 40.4 Å². The zero-order valence-electron chi connectivity index (χ0n) is 27.5. The number of hydrogen-bond acceptors (Lipinski definition) is 6. The van der Waals surface area contributed by atoms with Gasteiger partial charge in [0.15, 0.2) is 17.7 Å². The number of carbonyl (C=O) groups is 3. The quantitative estimate of drug-likeness (QED) is 0.0997. The lowest BCUT2D eigenvalue weighted by Crippen LogP contribution is -2.26. The third-order valence-electron chi connectivity index (χ3n) is 8.36. The molecule has 48 heavy (non-hydrogen) atoms. The highest BCUT2D eigenvalue weighted by atomic mass is 79.9. The smallest absolute Gasteiger partial charge is 0.244 e. The molecule has 4 aromatic rings. The van der Waals surface area contributed by atoms with Crippen LogP contribution in [0.25, 0.3) is 0 Å². The number of ketones is 1.